The second-order valence-electron chi connectivity index (χ2n) is 5.02. The molecule has 5 heteroatoms. The summed E-state index contributed by atoms with van der Waals surface area (Å²) in [7, 11) is 0. The molecule has 1 aliphatic carbocycles. The normalized spacial score (nSPS) is 29.9. The van der Waals surface area contributed by atoms with Crippen molar-refractivity contribution in [2.75, 3.05) is 0 Å². The van der Waals surface area contributed by atoms with E-state index in [-0.39, 0.29) is 5.92 Å². The van der Waals surface area contributed by atoms with E-state index in [9.17, 15) is 9.90 Å². The van der Waals surface area contributed by atoms with E-state index >= 15 is 0 Å². The van der Waals surface area contributed by atoms with Crippen molar-refractivity contribution < 1.29 is 9.90 Å². The van der Waals surface area contributed by atoms with Crippen molar-refractivity contribution in [3.8, 4) is 0 Å². The molecule has 0 bridgehead atoms. The molecule has 0 aromatic heterocycles. The summed E-state index contributed by atoms with van der Waals surface area (Å²) in [6.45, 7) is 0. The molecule has 1 aromatic carbocycles. The number of nitrogens with zero attached hydrogens (tertiary/aromatic N) is 1. The van der Waals surface area contributed by atoms with Gasteiger partial charge in [-0.15, -0.1) is 0 Å². The van der Waals surface area contributed by atoms with E-state index in [0.717, 1.165) is 36.3 Å². The van der Waals surface area contributed by atoms with Crippen LogP contribution in [0.3, 0.4) is 0 Å². The highest BCUT2D eigenvalue weighted by atomic mass is 32.2. The molecule has 2 atom stereocenters. The predicted molar refractivity (Wildman–Crippen MR) is 76.0 cm³/mol. The number of benzene rings is 1. The number of hydrazone groups is 1. The minimum absolute atomic E-state index is 0.365. The molecule has 4 nitrogen and oxygen atoms in total. The van der Waals surface area contributed by atoms with Crippen molar-refractivity contribution in [1.82, 2.24) is 5.43 Å². The Kier molecular flexibility index (Phi) is 3.22. The molecular formula is C14H16N2O2S. The van der Waals surface area contributed by atoms with Gasteiger partial charge in [0, 0.05) is 5.56 Å². The van der Waals surface area contributed by atoms with Crippen molar-refractivity contribution >= 4 is 22.8 Å². The molecule has 1 saturated carbocycles. The lowest BCUT2D eigenvalue weighted by Gasteiger charge is -2.37. The summed E-state index contributed by atoms with van der Waals surface area (Å²) in [5.41, 5.74) is 4.17. The first-order valence-corrected chi connectivity index (χ1v) is 7.35. The number of hydrogen-bond donors (Lipinski definition) is 2. The highest BCUT2D eigenvalue weighted by Crippen LogP contribution is 2.46. The van der Waals surface area contributed by atoms with Crippen LogP contribution in [0.15, 0.2) is 35.4 Å². The van der Waals surface area contributed by atoms with E-state index in [2.05, 4.69) is 10.5 Å². The first-order valence-electron chi connectivity index (χ1n) is 6.53. The van der Waals surface area contributed by atoms with E-state index < -0.39 is 10.8 Å². The van der Waals surface area contributed by atoms with Gasteiger partial charge in [0.1, 0.15) is 9.91 Å². The van der Waals surface area contributed by atoms with Crippen molar-refractivity contribution in [1.29, 1.82) is 0 Å². The molecule has 19 heavy (non-hydrogen) atoms. The highest BCUT2D eigenvalue weighted by molar-refractivity contribution is 8.15. The third-order valence-corrected chi connectivity index (χ3v) is 5.26. The fourth-order valence-corrected chi connectivity index (χ4v) is 4.18. The number of aliphatic carboxylic acids is 1. The molecular weight excluding hydrogens is 260 g/mol. The molecule has 0 saturated heterocycles. The standard InChI is InChI=1S/C14H16N2O2S/c17-13(18)11-8-4-5-9-14(11)16-15-12(19-14)10-6-2-1-3-7-10/h1-3,6-7,11,16H,4-5,8-9H2,(H,17,18). The largest absolute Gasteiger partial charge is 0.481 e. The highest BCUT2D eigenvalue weighted by Gasteiger charge is 2.49. The summed E-state index contributed by atoms with van der Waals surface area (Å²) < 4.78 is 0. The van der Waals surface area contributed by atoms with E-state index in [4.69, 9.17) is 0 Å². The summed E-state index contributed by atoms with van der Waals surface area (Å²) in [5, 5.41) is 14.7. The number of carbonyl (C=O) groups is 1. The maximum absolute atomic E-state index is 11.5. The molecule has 100 valence electrons. The van der Waals surface area contributed by atoms with Crippen LogP contribution in [-0.4, -0.2) is 21.0 Å². The average molecular weight is 276 g/mol. The quantitative estimate of drug-likeness (QED) is 0.871. The molecule has 1 heterocycles. The van der Waals surface area contributed by atoms with Crippen LogP contribution in [0.1, 0.15) is 31.2 Å². The van der Waals surface area contributed by atoms with Crippen LogP contribution in [0.5, 0.6) is 0 Å². The van der Waals surface area contributed by atoms with E-state index in [1.54, 1.807) is 11.8 Å². The Morgan fingerprint density at radius 2 is 2.16 bits per heavy atom. The summed E-state index contributed by atoms with van der Waals surface area (Å²) in [4.78, 5) is 11.0. The van der Waals surface area contributed by atoms with Gasteiger partial charge in [-0.3, -0.25) is 10.2 Å². The number of carboxylic acids is 1. The van der Waals surface area contributed by atoms with E-state index in [1.807, 2.05) is 30.3 Å². The maximum Gasteiger partial charge on any atom is 0.309 e. The van der Waals surface area contributed by atoms with Gasteiger partial charge in [0.25, 0.3) is 0 Å². The molecule has 3 rings (SSSR count). The van der Waals surface area contributed by atoms with Crippen LogP contribution in [0.2, 0.25) is 0 Å². The van der Waals surface area contributed by atoms with Gasteiger partial charge in [-0.25, -0.2) is 0 Å². The summed E-state index contributed by atoms with van der Waals surface area (Å²) >= 11 is 1.58. The van der Waals surface area contributed by atoms with Crippen LogP contribution in [0.25, 0.3) is 0 Å². The average Bonchev–Trinajstić information content (AvgIpc) is 2.84. The van der Waals surface area contributed by atoms with Crippen LogP contribution < -0.4 is 5.43 Å². The van der Waals surface area contributed by atoms with Gasteiger partial charge in [-0.2, -0.15) is 5.10 Å². The predicted octanol–water partition coefficient (Wildman–Crippen LogP) is 2.66. The molecule has 0 amide bonds. The van der Waals surface area contributed by atoms with Crippen LogP contribution >= 0.6 is 11.8 Å². The van der Waals surface area contributed by atoms with Gasteiger partial charge >= 0.3 is 5.97 Å². The van der Waals surface area contributed by atoms with Crippen molar-refractivity contribution in [2.45, 2.75) is 30.6 Å². The lowest BCUT2D eigenvalue weighted by atomic mass is 9.84. The fourth-order valence-electron chi connectivity index (χ4n) is 2.79. The maximum atomic E-state index is 11.5. The third-order valence-electron chi connectivity index (χ3n) is 3.80. The number of hydrogen-bond acceptors (Lipinski definition) is 4. The first kappa shape index (κ1) is 12.5. The molecule has 2 N–H and O–H groups in total. The molecule has 1 spiro atoms. The fraction of sp³-hybridized carbons (Fsp3) is 0.429. The minimum atomic E-state index is -0.718. The summed E-state index contributed by atoms with van der Waals surface area (Å²) in [6.07, 6.45) is 3.63. The van der Waals surface area contributed by atoms with Gasteiger partial charge < -0.3 is 5.11 Å². The zero-order chi connectivity index (χ0) is 13.3. The summed E-state index contributed by atoms with van der Waals surface area (Å²) in [6, 6.07) is 9.92. The van der Waals surface area contributed by atoms with Crippen molar-refractivity contribution in [3.05, 3.63) is 35.9 Å². The Bertz CT molecular complexity index is 517. The Hall–Kier alpha value is -1.49. The SMILES string of the molecule is O=C(O)C1CCCCC12NN=C(c1ccccc1)S2. The monoisotopic (exact) mass is 276 g/mol. The van der Waals surface area contributed by atoms with Crippen LogP contribution in [0, 0.1) is 5.92 Å². The second kappa shape index (κ2) is 4.89. The van der Waals surface area contributed by atoms with Gasteiger partial charge in [0.15, 0.2) is 0 Å². The van der Waals surface area contributed by atoms with Crippen LogP contribution in [-0.2, 0) is 4.79 Å². The second-order valence-corrected chi connectivity index (χ2v) is 6.34. The molecule has 0 radical (unpaired) electrons. The van der Waals surface area contributed by atoms with E-state index in [0.29, 0.717) is 0 Å². The zero-order valence-corrected chi connectivity index (χ0v) is 11.3. The molecule has 1 aromatic rings. The Morgan fingerprint density at radius 3 is 2.89 bits per heavy atom. The number of rotatable bonds is 2. The third kappa shape index (κ3) is 2.23. The Balaban J connectivity index is 1.84. The minimum Gasteiger partial charge on any atom is -0.481 e. The van der Waals surface area contributed by atoms with Gasteiger partial charge in [0.2, 0.25) is 0 Å². The zero-order valence-electron chi connectivity index (χ0n) is 10.5. The van der Waals surface area contributed by atoms with Gasteiger partial charge in [-0.1, -0.05) is 54.9 Å². The lowest BCUT2D eigenvalue weighted by molar-refractivity contribution is -0.144. The Labute approximate surface area is 116 Å². The van der Waals surface area contributed by atoms with E-state index in [1.165, 1.54) is 0 Å². The number of nitrogens with one attached hydrogen (secondary N) is 1. The van der Waals surface area contributed by atoms with Crippen LogP contribution in [0.4, 0.5) is 0 Å². The smallest absolute Gasteiger partial charge is 0.309 e. The first-order chi connectivity index (χ1) is 9.21. The van der Waals surface area contributed by atoms with Crippen molar-refractivity contribution in [3.63, 3.8) is 0 Å². The molecule has 1 aliphatic heterocycles. The van der Waals surface area contributed by atoms with Gasteiger partial charge in [0.05, 0.1) is 5.92 Å². The lowest BCUT2D eigenvalue weighted by Crippen LogP contribution is -2.49. The molecule has 2 unspecified atom stereocenters. The summed E-state index contributed by atoms with van der Waals surface area (Å²) in [5.74, 6) is -1.08. The topological polar surface area (TPSA) is 61.7 Å². The Morgan fingerprint density at radius 1 is 1.37 bits per heavy atom. The van der Waals surface area contributed by atoms with Gasteiger partial charge in [-0.05, 0) is 12.8 Å². The van der Waals surface area contributed by atoms with Crippen molar-refractivity contribution in [2.24, 2.45) is 11.0 Å². The molecule has 2 aliphatic rings. The number of carboxylic acid groups (broad SMARTS) is 1. The number of thioether (sulfide) groups is 1. The molecule has 1 fully saturated rings.